The Labute approximate surface area is 109 Å². The molecule has 0 bridgehead atoms. The van der Waals surface area contributed by atoms with Crippen LogP contribution in [0, 0.1) is 17.0 Å². The van der Waals surface area contributed by atoms with Gasteiger partial charge in [0.1, 0.15) is 11.4 Å². The van der Waals surface area contributed by atoms with Gasteiger partial charge in [0.2, 0.25) is 0 Å². The Kier molecular flexibility index (Phi) is 3.53. The van der Waals surface area contributed by atoms with E-state index in [1.165, 1.54) is 6.07 Å². The van der Waals surface area contributed by atoms with Crippen LogP contribution in [0.1, 0.15) is 11.3 Å². The predicted octanol–water partition coefficient (Wildman–Crippen LogP) is 3.76. The van der Waals surface area contributed by atoms with Crippen molar-refractivity contribution in [1.82, 2.24) is 0 Å². The minimum absolute atomic E-state index is 0.0400. The van der Waals surface area contributed by atoms with Crippen molar-refractivity contribution in [3.63, 3.8) is 0 Å². The summed E-state index contributed by atoms with van der Waals surface area (Å²) in [6.07, 6.45) is 0. The zero-order valence-corrected chi connectivity index (χ0v) is 10.4. The first kappa shape index (κ1) is 12.4. The highest BCUT2D eigenvalue weighted by molar-refractivity contribution is 6.28. The van der Waals surface area contributed by atoms with Gasteiger partial charge in [-0.3, -0.25) is 10.1 Å². The summed E-state index contributed by atoms with van der Waals surface area (Å²) in [4.78, 5) is 10.4. The minimum atomic E-state index is -0.420. The fraction of sp³-hybridized carbons (Fsp3) is 0.167. The molecule has 1 N–H and O–H groups in total. The van der Waals surface area contributed by atoms with Crippen LogP contribution in [-0.2, 0) is 6.54 Å². The van der Waals surface area contributed by atoms with Gasteiger partial charge in [0.05, 0.1) is 11.5 Å². The van der Waals surface area contributed by atoms with Gasteiger partial charge in [-0.2, -0.15) is 0 Å². The van der Waals surface area contributed by atoms with Crippen molar-refractivity contribution in [3.8, 4) is 0 Å². The lowest BCUT2D eigenvalue weighted by Gasteiger charge is -2.06. The number of benzene rings is 1. The maximum Gasteiger partial charge on any atom is 0.292 e. The molecule has 0 aliphatic carbocycles. The molecule has 0 saturated heterocycles. The van der Waals surface area contributed by atoms with Gasteiger partial charge < -0.3 is 9.73 Å². The van der Waals surface area contributed by atoms with Crippen LogP contribution in [0.4, 0.5) is 11.4 Å². The van der Waals surface area contributed by atoms with Gasteiger partial charge in [0, 0.05) is 6.07 Å². The van der Waals surface area contributed by atoms with Crippen molar-refractivity contribution in [2.24, 2.45) is 0 Å². The fourth-order valence-corrected chi connectivity index (χ4v) is 1.74. The number of halogens is 1. The molecular formula is C12H11ClN2O3. The smallest absolute Gasteiger partial charge is 0.292 e. The number of furan rings is 1. The first-order valence-corrected chi connectivity index (χ1v) is 5.67. The number of hydrogen-bond donors (Lipinski definition) is 1. The number of nitrogens with one attached hydrogen (secondary N) is 1. The molecule has 0 amide bonds. The zero-order valence-electron chi connectivity index (χ0n) is 9.64. The molecule has 94 valence electrons. The third-order valence-electron chi connectivity index (χ3n) is 2.43. The van der Waals surface area contributed by atoms with E-state index in [-0.39, 0.29) is 5.69 Å². The number of anilines is 1. The first-order valence-electron chi connectivity index (χ1n) is 5.29. The fourth-order valence-electron chi connectivity index (χ4n) is 1.58. The van der Waals surface area contributed by atoms with Crippen LogP contribution in [0.2, 0.25) is 5.22 Å². The molecule has 0 atom stereocenters. The topological polar surface area (TPSA) is 68.3 Å². The molecule has 0 radical (unpaired) electrons. The Morgan fingerprint density at radius 3 is 2.78 bits per heavy atom. The van der Waals surface area contributed by atoms with Crippen molar-refractivity contribution in [3.05, 3.63) is 57.0 Å². The summed E-state index contributed by atoms with van der Waals surface area (Å²) < 4.78 is 5.17. The molecule has 2 rings (SSSR count). The van der Waals surface area contributed by atoms with E-state index < -0.39 is 4.92 Å². The number of nitrogens with zero attached hydrogens (tertiary/aromatic N) is 1. The Morgan fingerprint density at radius 1 is 1.39 bits per heavy atom. The Bertz CT molecular complexity index is 580. The quantitative estimate of drug-likeness (QED) is 0.676. The van der Waals surface area contributed by atoms with E-state index in [2.05, 4.69) is 5.32 Å². The second kappa shape index (κ2) is 5.10. The van der Waals surface area contributed by atoms with Crippen LogP contribution >= 0.6 is 11.6 Å². The molecule has 18 heavy (non-hydrogen) atoms. The highest BCUT2D eigenvalue weighted by Crippen LogP contribution is 2.26. The number of rotatable bonds is 4. The summed E-state index contributed by atoms with van der Waals surface area (Å²) >= 11 is 5.65. The van der Waals surface area contributed by atoms with Gasteiger partial charge in [-0.25, -0.2) is 0 Å². The predicted molar refractivity (Wildman–Crippen MR) is 68.9 cm³/mol. The van der Waals surface area contributed by atoms with E-state index in [1.54, 1.807) is 24.3 Å². The molecule has 0 fully saturated rings. The molecule has 6 heteroatoms. The molecule has 2 aromatic rings. The second-order valence-electron chi connectivity index (χ2n) is 3.84. The van der Waals surface area contributed by atoms with Gasteiger partial charge >= 0.3 is 0 Å². The first-order chi connectivity index (χ1) is 8.56. The number of aryl methyl sites for hydroxylation is 1. The van der Waals surface area contributed by atoms with Crippen LogP contribution in [-0.4, -0.2) is 4.92 Å². The largest absolute Gasteiger partial charge is 0.448 e. The van der Waals surface area contributed by atoms with Gasteiger partial charge in [-0.05, 0) is 42.3 Å². The molecule has 5 nitrogen and oxygen atoms in total. The van der Waals surface area contributed by atoms with Crippen molar-refractivity contribution in [2.75, 3.05) is 5.32 Å². The van der Waals surface area contributed by atoms with Gasteiger partial charge in [0.15, 0.2) is 5.22 Å². The van der Waals surface area contributed by atoms with E-state index >= 15 is 0 Å². The molecule has 1 aromatic heterocycles. The average molecular weight is 267 g/mol. The van der Waals surface area contributed by atoms with Crippen LogP contribution in [0.3, 0.4) is 0 Å². The van der Waals surface area contributed by atoms with Crippen molar-refractivity contribution >= 4 is 23.0 Å². The van der Waals surface area contributed by atoms with Crippen LogP contribution in [0.25, 0.3) is 0 Å². The highest BCUT2D eigenvalue weighted by atomic mass is 35.5. The average Bonchev–Trinajstić information content (AvgIpc) is 2.72. The van der Waals surface area contributed by atoms with Gasteiger partial charge in [-0.15, -0.1) is 0 Å². The number of hydrogen-bond acceptors (Lipinski definition) is 4. The lowest BCUT2D eigenvalue weighted by molar-refractivity contribution is -0.384. The number of nitro benzene ring substituents is 1. The van der Waals surface area contributed by atoms with Crippen molar-refractivity contribution in [2.45, 2.75) is 13.5 Å². The summed E-state index contributed by atoms with van der Waals surface area (Å²) in [5.74, 6) is 0.621. The second-order valence-corrected chi connectivity index (χ2v) is 4.21. The lowest BCUT2D eigenvalue weighted by Crippen LogP contribution is -2.02. The zero-order chi connectivity index (χ0) is 13.1. The standard InChI is InChI=1S/C12H11ClN2O3/c1-8-2-4-11(15(16)17)10(6-8)14-7-9-3-5-12(13)18-9/h2-6,14H,7H2,1H3. The van der Waals surface area contributed by atoms with Crippen molar-refractivity contribution in [1.29, 1.82) is 0 Å². The Hall–Kier alpha value is -2.01. The van der Waals surface area contributed by atoms with E-state index in [1.807, 2.05) is 6.92 Å². The highest BCUT2D eigenvalue weighted by Gasteiger charge is 2.13. The minimum Gasteiger partial charge on any atom is -0.448 e. The Balaban J connectivity index is 2.17. The molecular weight excluding hydrogens is 256 g/mol. The molecule has 0 unspecified atom stereocenters. The van der Waals surface area contributed by atoms with Crippen LogP contribution < -0.4 is 5.32 Å². The monoisotopic (exact) mass is 266 g/mol. The van der Waals surface area contributed by atoms with Gasteiger partial charge in [0.25, 0.3) is 5.69 Å². The molecule has 0 aliphatic rings. The third-order valence-corrected chi connectivity index (χ3v) is 2.63. The van der Waals surface area contributed by atoms with Crippen molar-refractivity contribution < 1.29 is 9.34 Å². The van der Waals surface area contributed by atoms with Crippen LogP contribution in [0.5, 0.6) is 0 Å². The number of nitro groups is 1. The molecule has 0 aliphatic heterocycles. The molecule has 0 saturated carbocycles. The lowest BCUT2D eigenvalue weighted by atomic mass is 10.2. The maximum absolute atomic E-state index is 10.9. The van der Waals surface area contributed by atoms with E-state index in [0.29, 0.717) is 23.2 Å². The van der Waals surface area contributed by atoms with Crippen LogP contribution in [0.15, 0.2) is 34.7 Å². The summed E-state index contributed by atoms with van der Waals surface area (Å²) in [5, 5.41) is 14.1. The summed E-state index contributed by atoms with van der Waals surface area (Å²) in [6, 6.07) is 8.25. The third kappa shape index (κ3) is 2.81. The van der Waals surface area contributed by atoms with E-state index in [4.69, 9.17) is 16.0 Å². The van der Waals surface area contributed by atoms with E-state index in [0.717, 1.165) is 5.56 Å². The summed E-state index contributed by atoms with van der Waals surface area (Å²) in [5.41, 5.74) is 1.45. The summed E-state index contributed by atoms with van der Waals surface area (Å²) in [7, 11) is 0. The SMILES string of the molecule is Cc1ccc([N+](=O)[O-])c(NCc2ccc(Cl)o2)c1. The molecule has 0 spiro atoms. The normalized spacial score (nSPS) is 10.3. The molecule has 1 heterocycles. The molecule has 1 aromatic carbocycles. The Morgan fingerprint density at radius 2 is 2.17 bits per heavy atom. The summed E-state index contributed by atoms with van der Waals surface area (Å²) in [6.45, 7) is 2.22. The van der Waals surface area contributed by atoms with E-state index in [9.17, 15) is 10.1 Å². The van der Waals surface area contributed by atoms with Gasteiger partial charge in [-0.1, -0.05) is 6.07 Å². The maximum atomic E-state index is 10.9.